The number of hydrogen-bond acceptors (Lipinski definition) is 5. The quantitative estimate of drug-likeness (QED) is 0.506. The maximum absolute atomic E-state index is 10.3. The van der Waals surface area contributed by atoms with Crippen molar-refractivity contribution in [3.05, 3.63) is 18.6 Å². The first-order valence-corrected chi connectivity index (χ1v) is 4.97. The molecule has 14 heavy (non-hydrogen) atoms. The molecule has 7 nitrogen and oxygen atoms in total. The zero-order valence-corrected chi connectivity index (χ0v) is 8.47. The highest BCUT2D eigenvalue weighted by Gasteiger charge is 2.12. The molecule has 0 amide bonds. The summed E-state index contributed by atoms with van der Waals surface area (Å²) in [6.45, 7) is 0. The smallest absolute Gasteiger partial charge is 0.318 e. The van der Waals surface area contributed by atoms with Gasteiger partial charge in [-0.05, 0) is 4.98 Å². The first-order valence-electron chi connectivity index (χ1n) is 3.60. The van der Waals surface area contributed by atoms with Gasteiger partial charge in [0, 0.05) is 14.1 Å². The lowest BCUT2D eigenvalue weighted by molar-refractivity contribution is -0.690. The minimum atomic E-state index is -4.50. The lowest BCUT2D eigenvalue weighted by Crippen LogP contribution is -2.52. The van der Waals surface area contributed by atoms with Gasteiger partial charge in [0.25, 0.3) is 0 Å². The molecule has 0 aliphatic carbocycles. The molecule has 0 aliphatic heterocycles. The minimum absolute atomic E-state index is 0.189. The van der Waals surface area contributed by atoms with Crippen LogP contribution in [-0.2, 0) is 10.4 Å². The first-order chi connectivity index (χ1) is 6.38. The maximum atomic E-state index is 10.3. The second-order valence-corrected chi connectivity index (χ2v) is 3.66. The van der Waals surface area contributed by atoms with Gasteiger partial charge in [0.1, 0.15) is 6.20 Å². The molecular weight excluding hydrogens is 210 g/mol. The fourth-order valence-corrected chi connectivity index (χ4v) is 1.05. The van der Waals surface area contributed by atoms with Gasteiger partial charge in [0.2, 0.25) is 0 Å². The third-order valence-electron chi connectivity index (χ3n) is 1.33. The first kappa shape index (κ1) is 10.7. The van der Waals surface area contributed by atoms with E-state index in [1.54, 1.807) is 23.8 Å². The fourth-order valence-electron chi connectivity index (χ4n) is 0.732. The Morgan fingerprint density at radius 2 is 2.21 bits per heavy atom. The van der Waals surface area contributed by atoms with Crippen molar-refractivity contribution in [1.82, 2.24) is 4.98 Å². The second-order valence-electron chi connectivity index (χ2n) is 2.64. The summed E-state index contributed by atoms with van der Waals surface area (Å²) in [6, 6.07) is 1.31. The number of aromatic nitrogens is 2. The van der Waals surface area contributed by atoms with Gasteiger partial charge in [-0.2, -0.15) is 8.42 Å². The van der Waals surface area contributed by atoms with E-state index in [0.717, 1.165) is 0 Å². The van der Waals surface area contributed by atoms with Gasteiger partial charge < -0.3 is 4.18 Å². The lowest BCUT2D eigenvalue weighted by Gasteiger charge is -2.06. The highest BCUT2D eigenvalue weighted by atomic mass is 32.3. The van der Waals surface area contributed by atoms with Crippen molar-refractivity contribution in [2.75, 3.05) is 19.1 Å². The van der Waals surface area contributed by atoms with Crippen molar-refractivity contribution in [3.8, 4) is 5.88 Å². The molecule has 0 saturated heterocycles. The van der Waals surface area contributed by atoms with Crippen LogP contribution in [0.1, 0.15) is 0 Å². The average molecular weight is 220 g/mol. The van der Waals surface area contributed by atoms with E-state index in [2.05, 4.69) is 9.17 Å². The van der Waals surface area contributed by atoms with Crippen LogP contribution in [-0.4, -0.2) is 32.0 Å². The van der Waals surface area contributed by atoms with E-state index in [-0.39, 0.29) is 5.88 Å². The summed E-state index contributed by atoms with van der Waals surface area (Å²) < 4.78 is 34.6. The van der Waals surface area contributed by atoms with E-state index >= 15 is 0 Å². The van der Waals surface area contributed by atoms with Crippen LogP contribution in [0.4, 0.5) is 0 Å². The van der Waals surface area contributed by atoms with Crippen molar-refractivity contribution in [2.24, 2.45) is 0 Å². The van der Waals surface area contributed by atoms with E-state index in [1.807, 2.05) is 0 Å². The Hall–Kier alpha value is -1.41. The maximum Gasteiger partial charge on any atom is 0.449 e. The van der Waals surface area contributed by atoms with Gasteiger partial charge in [-0.1, -0.05) is 0 Å². The summed E-state index contributed by atoms with van der Waals surface area (Å²) in [5.41, 5.74) is 0. The second kappa shape index (κ2) is 3.76. The van der Waals surface area contributed by atoms with E-state index < -0.39 is 10.4 Å². The van der Waals surface area contributed by atoms with Crippen LogP contribution < -0.4 is 13.9 Å². The summed E-state index contributed by atoms with van der Waals surface area (Å²) in [6.07, 6.45) is 2.88. The fraction of sp³-hybridized carbons (Fsp3) is 0.333. The minimum Gasteiger partial charge on any atom is -0.318 e. The summed E-state index contributed by atoms with van der Waals surface area (Å²) in [4.78, 5) is 3.65. The third kappa shape index (κ3) is 3.15. The molecule has 0 fully saturated rings. The normalized spacial score (nSPS) is 11.1. The van der Waals surface area contributed by atoms with Crippen molar-refractivity contribution in [3.63, 3.8) is 0 Å². The Kier molecular flexibility index (Phi) is 2.87. The predicted molar refractivity (Wildman–Crippen MR) is 46.7 cm³/mol. The number of nitrogens with zero attached hydrogens (tertiary/aromatic N) is 3. The van der Waals surface area contributed by atoms with Gasteiger partial charge >= 0.3 is 22.6 Å². The molecule has 1 N–H and O–H groups in total. The van der Waals surface area contributed by atoms with Crippen LogP contribution in [0.5, 0.6) is 5.88 Å². The Morgan fingerprint density at radius 1 is 1.57 bits per heavy atom. The van der Waals surface area contributed by atoms with Crippen molar-refractivity contribution >= 4 is 10.4 Å². The molecule has 0 aromatic carbocycles. The summed E-state index contributed by atoms with van der Waals surface area (Å²) >= 11 is 0. The lowest BCUT2D eigenvalue weighted by atomic mass is 10.6. The molecule has 0 aliphatic rings. The summed E-state index contributed by atoms with van der Waals surface area (Å²) in [7, 11) is -0.930. The molecular formula is C6H10N3O4S+. The van der Waals surface area contributed by atoms with E-state index in [1.165, 1.54) is 18.6 Å². The summed E-state index contributed by atoms with van der Waals surface area (Å²) in [5.74, 6) is -0.189. The van der Waals surface area contributed by atoms with Gasteiger partial charge in [0.05, 0.1) is 6.07 Å². The average Bonchev–Trinajstić information content (AvgIpc) is 2.02. The Morgan fingerprint density at radius 3 is 2.57 bits per heavy atom. The molecule has 0 saturated carbocycles. The van der Waals surface area contributed by atoms with E-state index in [9.17, 15) is 8.42 Å². The monoisotopic (exact) mass is 220 g/mol. The standard InChI is InChI=1S/C6H9N3O4S/c1-8(2)9-4-3-6(7-5-9)13-14(10,11)12/h3-5H,1-2H3/p+1. The Labute approximate surface area is 81.5 Å². The highest BCUT2D eigenvalue weighted by molar-refractivity contribution is 7.81. The molecule has 0 radical (unpaired) electrons. The Bertz CT molecular complexity index is 400. The zero-order valence-electron chi connectivity index (χ0n) is 7.65. The molecule has 0 bridgehead atoms. The molecule has 78 valence electrons. The van der Waals surface area contributed by atoms with Crippen LogP contribution >= 0.6 is 0 Å². The van der Waals surface area contributed by atoms with Crippen LogP contribution in [0.2, 0.25) is 0 Å². The van der Waals surface area contributed by atoms with Crippen LogP contribution in [0, 0.1) is 0 Å². The zero-order chi connectivity index (χ0) is 10.8. The molecule has 1 aromatic heterocycles. The van der Waals surface area contributed by atoms with Gasteiger partial charge in [-0.15, -0.1) is 4.68 Å². The SMILES string of the molecule is CN(C)[n+]1ccc(OS(=O)(=O)O)nc1. The van der Waals surface area contributed by atoms with Gasteiger partial charge in [0.15, 0.2) is 0 Å². The third-order valence-corrected chi connectivity index (χ3v) is 1.71. The molecule has 1 aromatic rings. The largest absolute Gasteiger partial charge is 0.449 e. The van der Waals surface area contributed by atoms with Gasteiger partial charge in [-0.3, -0.25) is 4.55 Å². The molecule has 8 heteroatoms. The number of hydrogen-bond donors (Lipinski definition) is 1. The molecule has 0 unspecified atom stereocenters. The summed E-state index contributed by atoms with van der Waals surface area (Å²) in [5, 5.41) is 1.71. The van der Waals surface area contributed by atoms with Crippen LogP contribution in [0.3, 0.4) is 0 Å². The van der Waals surface area contributed by atoms with E-state index in [4.69, 9.17) is 4.55 Å². The van der Waals surface area contributed by atoms with Crippen molar-refractivity contribution < 1.29 is 21.8 Å². The number of rotatable bonds is 3. The predicted octanol–water partition coefficient (Wildman–Crippen LogP) is -1.25. The van der Waals surface area contributed by atoms with Crippen LogP contribution in [0.15, 0.2) is 18.6 Å². The topological polar surface area (TPSA) is 83.6 Å². The molecule has 0 atom stereocenters. The Balaban J connectivity index is 2.84. The molecule has 0 spiro atoms. The van der Waals surface area contributed by atoms with Crippen molar-refractivity contribution in [1.29, 1.82) is 0 Å². The van der Waals surface area contributed by atoms with Gasteiger partial charge in [-0.25, -0.2) is 5.01 Å². The van der Waals surface area contributed by atoms with Crippen molar-refractivity contribution in [2.45, 2.75) is 0 Å². The highest BCUT2D eigenvalue weighted by Crippen LogP contribution is 2.03. The van der Waals surface area contributed by atoms with Crippen LogP contribution in [0.25, 0.3) is 0 Å². The van der Waals surface area contributed by atoms with E-state index in [0.29, 0.717) is 0 Å². The molecule has 1 heterocycles. The molecule has 1 rings (SSSR count).